The largest absolute Gasteiger partial charge is 0.393 e. The van der Waals surface area contributed by atoms with E-state index in [1.807, 2.05) is 30.5 Å². The quantitative estimate of drug-likeness (QED) is 0.927. The van der Waals surface area contributed by atoms with Gasteiger partial charge in [0.25, 0.3) is 0 Å². The number of rotatable bonds is 4. The molecule has 3 unspecified atom stereocenters. The van der Waals surface area contributed by atoms with Crippen molar-refractivity contribution >= 4 is 5.82 Å². The molecule has 5 nitrogen and oxygen atoms in total. The molecule has 3 atom stereocenters. The number of ether oxygens (including phenoxy) is 1. The highest BCUT2D eigenvalue weighted by Crippen LogP contribution is 2.32. The van der Waals surface area contributed by atoms with Crippen LogP contribution in [0.1, 0.15) is 30.7 Å². The van der Waals surface area contributed by atoms with Gasteiger partial charge < -0.3 is 14.7 Å². The maximum absolute atomic E-state index is 10.4. The summed E-state index contributed by atoms with van der Waals surface area (Å²) in [5, 5.41) is 10.4. The molecular weight excluding hydrogens is 314 g/mol. The molecule has 3 heterocycles. The molecule has 0 radical (unpaired) electrons. The Labute approximate surface area is 148 Å². The van der Waals surface area contributed by atoms with Gasteiger partial charge in [0.05, 0.1) is 12.7 Å². The molecule has 2 aliphatic heterocycles. The van der Waals surface area contributed by atoms with E-state index in [0.717, 1.165) is 43.9 Å². The molecule has 1 aromatic carbocycles. The van der Waals surface area contributed by atoms with Crippen LogP contribution in [0.4, 0.5) is 5.82 Å². The summed E-state index contributed by atoms with van der Waals surface area (Å²) in [6.45, 7) is 2.29. The fourth-order valence-corrected chi connectivity index (χ4v) is 4.05. The zero-order valence-electron chi connectivity index (χ0n) is 14.4. The molecule has 25 heavy (non-hydrogen) atoms. The molecular formula is C20H25N3O2. The van der Waals surface area contributed by atoms with Crippen LogP contribution in [-0.4, -0.2) is 47.0 Å². The number of aliphatic hydroxyl groups is 1. The van der Waals surface area contributed by atoms with Crippen LogP contribution in [0.15, 0.2) is 42.6 Å². The van der Waals surface area contributed by atoms with E-state index in [4.69, 9.17) is 9.72 Å². The van der Waals surface area contributed by atoms with E-state index in [-0.39, 0.29) is 12.0 Å². The number of aliphatic hydroxyl groups excluding tert-OH is 1. The molecule has 0 spiro atoms. The van der Waals surface area contributed by atoms with Crippen molar-refractivity contribution < 1.29 is 9.84 Å². The summed E-state index contributed by atoms with van der Waals surface area (Å²) in [6.07, 6.45) is 5.27. The lowest BCUT2D eigenvalue weighted by atomic mass is 9.89. The number of hydrogen-bond acceptors (Lipinski definition) is 5. The first-order chi connectivity index (χ1) is 12.3. The monoisotopic (exact) mass is 339 g/mol. The highest BCUT2D eigenvalue weighted by Gasteiger charge is 2.38. The second-order valence-corrected chi connectivity index (χ2v) is 6.99. The molecule has 0 bridgehead atoms. The van der Waals surface area contributed by atoms with Crippen LogP contribution in [0.3, 0.4) is 0 Å². The van der Waals surface area contributed by atoms with E-state index >= 15 is 0 Å². The molecule has 0 aliphatic carbocycles. The van der Waals surface area contributed by atoms with Crippen LogP contribution in [0, 0.1) is 5.92 Å². The molecule has 2 aromatic rings. The van der Waals surface area contributed by atoms with Crippen LogP contribution >= 0.6 is 0 Å². The topological polar surface area (TPSA) is 58.5 Å². The zero-order valence-corrected chi connectivity index (χ0v) is 14.4. The summed E-state index contributed by atoms with van der Waals surface area (Å²) in [4.78, 5) is 11.6. The van der Waals surface area contributed by atoms with Gasteiger partial charge in [-0.2, -0.15) is 0 Å². The minimum atomic E-state index is -0.273. The molecule has 4 rings (SSSR count). The third-order valence-corrected chi connectivity index (χ3v) is 5.35. The summed E-state index contributed by atoms with van der Waals surface area (Å²) in [5.74, 6) is 1.99. The Morgan fingerprint density at radius 2 is 2.04 bits per heavy atom. The van der Waals surface area contributed by atoms with Crippen LogP contribution < -0.4 is 4.90 Å². The zero-order chi connectivity index (χ0) is 17.1. The minimum absolute atomic E-state index is 0.170. The van der Waals surface area contributed by atoms with Gasteiger partial charge in [-0.1, -0.05) is 30.3 Å². The first-order valence-electron chi connectivity index (χ1n) is 9.19. The molecule has 2 fully saturated rings. The standard InChI is InChI=1S/C20H25N3O2/c24-18-9-12-25-14-16(18)17-7-4-11-23(17)20-8-10-21-19(22-20)13-15-5-2-1-3-6-15/h1-3,5-6,8,10,16-18,24H,4,7,9,11-14H2. The third kappa shape index (κ3) is 3.67. The Morgan fingerprint density at radius 1 is 1.16 bits per heavy atom. The third-order valence-electron chi connectivity index (χ3n) is 5.35. The van der Waals surface area contributed by atoms with Gasteiger partial charge in [-0.3, -0.25) is 0 Å². The fourth-order valence-electron chi connectivity index (χ4n) is 4.05. The van der Waals surface area contributed by atoms with Crippen LogP contribution in [0.5, 0.6) is 0 Å². The van der Waals surface area contributed by atoms with Crippen molar-refractivity contribution in [3.8, 4) is 0 Å². The van der Waals surface area contributed by atoms with Crippen molar-refractivity contribution in [1.82, 2.24) is 9.97 Å². The number of hydrogen-bond donors (Lipinski definition) is 1. The second-order valence-electron chi connectivity index (χ2n) is 6.99. The van der Waals surface area contributed by atoms with E-state index in [1.54, 1.807) is 0 Å². The van der Waals surface area contributed by atoms with Crippen molar-refractivity contribution in [3.63, 3.8) is 0 Å². The number of anilines is 1. The smallest absolute Gasteiger partial charge is 0.135 e. The van der Waals surface area contributed by atoms with Crippen molar-refractivity contribution in [2.45, 2.75) is 37.8 Å². The number of aromatic nitrogens is 2. The summed E-state index contributed by atoms with van der Waals surface area (Å²) in [7, 11) is 0. The van der Waals surface area contributed by atoms with Crippen molar-refractivity contribution in [2.75, 3.05) is 24.7 Å². The number of benzene rings is 1. The molecule has 1 N–H and O–H groups in total. The Bertz CT molecular complexity index is 694. The lowest BCUT2D eigenvalue weighted by Gasteiger charge is -2.37. The lowest BCUT2D eigenvalue weighted by molar-refractivity contribution is -0.0438. The predicted octanol–water partition coefficient (Wildman–Crippen LogP) is 2.43. The minimum Gasteiger partial charge on any atom is -0.393 e. The Balaban J connectivity index is 1.53. The molecule has 0 amide bonds. The van der Waals surface area contributed by atoms with E-state index in [9.17, 15) is 5.11 Å². The molecule has 5 heteroatoms. The van der Waals surface area contributed by atoms with Gasteiger partial charge >= 0.3 is 0 Å². The van der Waals surface area contributed by atoms with E-state index in [1.165, 1.54) is 5.56 Å². The average molecular weight is 339 g/mol. The molecule has 0 saturated carbocycles. The van der Waals surface area contributed by atoms with Crippen LogP contribution in [0.2, 0.25) is 0 Å². The number of nitrogens with zero attached hydrogens (tertiary/aromatic N) is 3. The molecule has 2 saturated heterocycles. The van der Waals surface area contributed by atoms with Gasteiger partial charge in [0, 0.05) is 37.7 Å². The van der Waals surface area contributed by atoms with Gasteiger partial charge in [-0.25, -0.2) is 9.97 Å². The van der Waals surface area contributed by atoms with E-state index in [0.29, 0.717) is 19.3 Å². The van der Waals surface area contributed by atoms with Crippen molar-refractivity contribution in [2.24, 2.45) is 5.92 Å². The normalized spacial score (nSPS) is 26.8. The van der Waals surface area contributed by atoms with Gasteiger partial charge in [-0.05, 0) is 30.9 Å². The Morgan fingerprint density at radius 3 is 2.88 bits per heavy atom. The molecule has 1 aromatic heterocycles. The highest BCUT2D eigenvalue weighted by atomic mass is 16.5. The highest BCUT2D eigenvalue weighted by molar-refractivity contribution is 5.41. The first-order valence-corrected chi connectivity index (χ1v) is 9.19. The lowest BCUT2D eigenvalue weighted by Crippen LogP contribution is -2.46. The Hall–Kier alpha value is -1.98. The maximum atomic E-state index is 10.4. The van der Waals surface area contributed by atoms with Gasteiger partial charge in [0.1, 0.15) is 11.6 Å². The molecule has 2 aliphatic rings. The first kappa shape index (κ1) is 16.5. The van der Waals surface area contributed by atoms with Gasteiger partial charge in [-0.15, -0.1) is 0 Å². The van der Waals surface area contributed by atoms with Crippen LogP contribution in [-0.2, 0) is 11.2 Å². The Kier molecular flexibility index (Phi) is 4.95. The SMILES string of the molecule is OC1CCOCC1C1CCCN1c1ccnc(Cc2ccccc2)n1. The summed E-state index contributed by atoms with van der Waals surface area (Å²) >= 11 is 0. The second kappa shape index (κ2) is 7.50. The van der Waals surface area contributed by atoms with Crippen LogP contribution in [0.25, 0.3) is 0 Å². The fraction of sp³-hybridized carbons (Fsp3) is 0.500. The van der Waals surface area contributed by atoms with E-state index < -0.39 is 0 Å². The van der Waals surface area contributed by atoms with Crippen molar-refractivity contribution in [1.29, 1.82) is 0 Å². The average Bonchev–Trinajstić information content (AvgIpc) is 3.13. The summed E-state index contributed by atoms with van der Waals surface area (Å²) < 4.78 is 5.63. The maximum Gasteiger partial charge on any atom is 0.135 e. The predicted molar refractivity (Wildman–Crippen MR) is 96.6 cm³/mol. The van der Waals surface area contributed by atoms with E-state index in [2.05, 4.69) is 22.0 Å². The summed E-state index contributed by atoms with van der Waals surface area (Å²) in [5.41, 5.74) is 1.22. The van der Waals surface area contributed by atoms with Gasteiger partial charge in [0.2, 0.25) is 0 Å². The summed E-state index contributed by atoms with van der Waals surface area (Å²) in [6, 6.07) is 12.6. The van der Waals surface area contributed by atoms with Crippen molar-refractivity contribution in [3.05, 3.63) is 54.0 Å². The van der Waals surface area contributed by atoms with Gasteiger partial charge in [0.15, 0.2) is 0 Å². The molecule has 132 valence electrons.